The second-order valence-electron chi connectivity index (χ2n) is 6.91. The molecule has 0 saturated heterocycles. The minimum absolute atomic E-state index is 0. The first-order valence-electron chi connectivity index (χ1n) is 8.66. The minimum atomic E-state index is -0.868. The van der Waals surface area contributed by atoms with Gasteiger partial charge in [0.1, 0.15) is 5.75 Å². The molecular weight excluding hydrogens is 428 g/mol. The lowest BCUT2D eigenvalue weighted by molar-refractivity contribution is -0.123. The molecule has 8 heteroatoms. The molecule has 2 aromatic rings. The molecule has 0 radical (unpaired) electrons. The molecule has 7 nitrogen and oxygen atoms in total. The number of rotatable bonds is 9. The molecule has 0 aliphatic rings. The molecule has 0 heterocycles. The number of phenolic OH excluding ortho intramolecular Hbond substituents is 2. The maximum atomic E-state index is 11.9. The van der Waals surface area contributed by atoms with E-state index in [1.165, 1.54) is 18.2 Å². The molecule has 1 unspecified atom stereocenters. The number of amides is 1. The van der Waals surface area contributed by atoms with Crippen LogP contribution in [-0.2, 0) is 4.79 Å². The number of ether oxygens (including phenoxy) is 1. The maximum Gasteiger partial charge on any atom is 0.258 e. The third-order valence-electron chi connectivity index (χ3n) is 4.00. The zero-order valence-corrected chi connectivity index (χ0v) is 17.6. The Bertz CT molecular complexity index is 756. The van der Waals surface area contributed by atoms with Crippen molar-refractivity contribution < 1.29 is 24.9 Å². The fourth-order valence-corrected chi connectivity index (χ4v) is 2.34. The third-order valence-corrected chi connectivity index (χ3v) is 4.00. The lowest BCUT2D eigenvalue weighted by Gasteiger charge is -2.28. The highest BCUT2D eigenvalue weighted by molar-refractivity contribution is 8.93. The highest BCUT2D eigenvalue weighted by atomic mass is 79.9. The van der Waals surface area contributed by atoms with E-state index >= 15 is 0 Å². The lowest BCUT2D eigenvalue weighted by Crippen LogP contribution is -2.50. The van der Waals surface area contributed by atoms with E-state index in [0.29, 0.717) is 17.9 Å². The Kier molecular flexibility index (Phi) is 9.24. The molecule has 154 valence electrons. The van der Waals surface area contributed by atoms with Gasteiger partial charge in [-0.25, -0.2) is 0 Å². The van der Waals surface area contributed by atoms with Gasteiger partial charge in [0.2, 0.25) is 0 Å². The van der Waals surface area contributed by atoms with Crippen LogP contribution in [0.1, 0.15) is 25.5 Å². The first-order chi connectivity index (χ1) is 12.8. The number of para-hydroxylation sites is 1. The average Bonchev–Trinajstić information content (AvgIpc) is 2.66. The van der Waals surface area contributed by atoms with Gasteiger partial charge in [-0.05, 0) is 43.7 Å². The molecule has 2 aromatic carbocycles. The zero-order chi connectivity index (χ0) is 19.9. The normalized spacial score (nSPS) is 12.0. The molecule has 0 aliphatic heterocycles. The molecule has 1 atom stereocenters. The largest absolute Gasteiger partial charge is 0.504 e. The van der Waals surface area contributed by atoms with E-state index in [0.717, 1.165) is 0 Å². The minimum Gasteiger partial charge on any atom is -0.504 e. The maximum absolute atomic E-state index is 11.9. The van der Waals surface area contributed by atoms with Gasteiger partial charge in [0.25, 0.3) is 5.91 Å². The summed E-state index contributed by atoms with van der Waals surface area (Å²) in [6.45, 7) is 4.28. The van der Waals surface area contributed by atoms with E-state index in [9.17, 15) is 20.1 Å². The molecule has 1 amide bonds. The number of aliphatic hydroxyl groups excluding tert-OH is 1. The van der Waals surface area contributed by atoms with Crippen LogP contribution in [0.2, 0.25) is 0 Å². The van der Waals surface area contributed by atoms with Crippen LogP contribution in [0, 0.1) is 0 Å². The van der Waals surface area contributed by atoms with E-state index in [-0.39, 0.29) is 47.5 Å². The zero-order valence-electron chi connectivity index (χ0n) is 15.9. The van der Waals surface area contributed by atoms with Crippen LogP contribution in [0.5, 0.6) is 17.2 Å². The second-order valence-corrected chi connectivity index (χ2v) is 6.91. The number of hydrogen-bond acceptors (Lipinski definition) is 6. The molecule has 0 bridgehead atoms. The van der Waals surface area contributed by atoms with Gasteiger partial charge in [-0.15, -0.1) is 17.0 Å². The number of phenols is 2. The van der Waals surface area contributed by atoms with Gasteiger partial charge in [-0.1, -0.05) is 24.3 Å². The molecule has 0 fully saturated rings. The Labute approximate surface area is 175 Å². The summed E-state index contributed by atoms with van der Waals surface area (Å²) in [6.07, 6.45) is -0.868. The third kappa shape index (κ3) is 7.75. The van der Waals surface area contributed by atoms with E-state index in [1.54, 1.807) is 12.1 Å². The SMILES string of the molecule is Br.CC(C)(CNC(=O)COc1ccccc1)NCC(O)c1ccc(O)c(O)c1. The summed E-state index contributed by atoms with van der Waals surface area (Å²) >= 11 is 0. The summed E-state index contributed by atoms with van der Waals surface area (Å²) in [5.74, 6) is -0.126. The van der Waals surface area contributed by atoms with Crippen molar-refractivity contribution in [1.29, 1.82) is 0 Å². The van der Waals surface area contributed by atoms with Crippen molar-refractivity contribution in [2.75, 3.05) is 19.7 Å². The van der Waals surface area contributed by atoms with Crippen LogP contribution >= 0.6 is 17.0 Å². The van der Waals surface area contributed by atoms with Gasteiger partial charge >= 0.3 is 0 Å². The summed E-state index contributed by atoms with van der Waals surface area (Å²) < 4.78 is 5.39. The summed E-state index contributed by atoms with van der Waals surface area (Å²) in [5.41, 5.74) is 0.0106. The van der Waals surface area contributed by atoms with Crippen molar-refractivity contribution in [2.45, 2.75) is 25.5 Å². The van der Waals surface area contributed by atoms with Gasteiger partial charge in [0.05, 0.1) is 6.10 Å². The standard InChI is InChI=1S/C20H26N2O5.BrH/c1-20(2,13-21-19(26)12-27-15-6-4-3-5-7-15)22-11-18(25)14-8-9-16(23)17(24)10-14;/h3-10,18,22-25H,11-13H2,1-2H3,(H,21,26);1H. The van der Waals surface area contributed by atoms with E-state index in [2.05, 4.69) is 10.6 Å². The molecule has 28 heavy (non-hydrogen) atoms. The average molecular weight is 455 g/mol. The smallest absolute Gasteiger partial charge is 0.258 e. The molecule has 0 spiro atoms. The molecule has 2 rings (SSSR count). The number of benzene rings is 2. The van der Waals surface area contributed by atoms with Gasteiger partial charge < -0.3 is 30.7 Å². The van der Waals surface area contributed by atoms with Crippen LogP contribution in [0.25, 0.3) is 0 Å². The van der Waals surface area contributed by atoms with Crippen molar-refractivity contribution in [3.05, 3.63) is 54.1 Å². The highest BCUT2D eigenvalue weighted by Crippen LogP contribution is 2.27. The number of aliphatic hydroxyl groups is 1. The van der Waals surface area contributed by atoms with Gasteiger partial charge in [0, 0.05) is 18.6 Å². The Hall–Kier alpha value is -2.29. The topological polar surface area (TPSA) is 111 Å². The number of aromatic hydroxyl groups is 2. The van der Waals surface area contributed by atoms with Crippen molar-refractivity contribution in [2.24, 2.45) is 0 Å². The highest BCUT2D eigenvalue weighted by Gasteiger charge is 2.20. The quantitative estimate of drug-likeness (QED) is 0.371. The summed E-state index contributed by atoms with van der Waals surface area (Å²) in [6, 6.07) is 13.3. The molecule has 5 N–H and O–H groups in total. The van der Waals surface area contributed by atoms with E-state index < -0.39 is 11.6 Å². The van der Waals surface area contributed by atoms with Crippen molar-refractivity contribution in [3.8, 4) is 17.2 Å². The van der Waals surface area contributed by atoms with Crippen LogP contribution < -0.4 is 15.4 Å². The summed E-state index contributed by atoms with van der Waals surface area (Å²) in [5, 5.41) is 35.0. The molecule has 0 aliphatic carbocycles. The monoisotopic (exact) mass is 454 g/mol. The second kappa shape index (κ2) is 10.9. The van der Waals surface area contributed by atoms with E-state index in [1.807, 2.05) is 32.0 Å². The predicted molar refractivity (Wildman–Crippen MR) is 112 cm³/mol. The Morgan fingerprint density at radius 2 is 1.79 bits per heavy atom. The fourth-order valence-electron chi connectivity index (χ4n) is 2.34. The number of hydrogen-bond donors (Lipinski definition) is 5. The molecule has 0 saturated carbocycles. The van der Waals surface area contributed by atoms with Crippen molar-refractivity contribution in [1.82, 2.24) is 10.6 Å². The van der Waals surface area contributed by atoms with Crippen molar-refractivity contribution >= 4 is 22.9 Å². The van der Waals surface area contributed by atoms with Crippen LogP contribution in [0.3, 0.4) is 0 Å². The molecule has 0 aromatic heterocycles. The van der Waals surface area contributed by atoms with Gasteiger partial charge in [-0.3, -0.25) is 4.79 Å². The molecular formula is C20H27BrN2O5. The Morgan fingerprint density at radius 3 is 2.43 bits per heavy atom. The first-order valence-corrected chi connectivity index (χ1v) is 8.66. The van der Waals surface area contributed by atoms with Crippen molar-refractivity contribution in [3.63, 3.8) is 0 Å². The number of halogens is 1. The number of β-amino-alcohol motifs (C(OH)–C–C–N with tert-alkyl or cyclic N) is 1. The van der Waals surface area contributed by atoms with Gasteiger partial charge in [-0.2, -0.15) is 0 Å². The first kappa shape index (κ1) is 23.7. The lowest BCUT2D eigenvalue weighted by atomic mass is 10.0. The van der Waals surface area contributed by atoms with Gasteiger partial charge in [0.15, 0.2) is 18.1 Å². The number of carbonyl (C=O) groups excluding carboxylic acids is 1. The van der Waals surface area contributed by atoms with E-state index in [4.69, 9.17) is 4.74 Å². The Balaban J connectivity index is 0.00000392. The number of nitrogens with one attached hydrogen (secondary N) is 2. The predicted octanol–water partition coefficient (Wildman–Crippen LogP) is 2.27. The summed E-state index contributed by atoms with van der Waals surface area (Å²) in [7, 11) is 0. The van der Waals surface area contributed by atoms with Crippen LogP contribution in [-0.4, -0.2) is 46.5 Å². The fraction of sp³-hybridized carbons (Fsp3) is 0.350. The Morgan fingerprint density at radius 1 is 1.11 bits per heavy atom. The van der Waals surface area contributed by atoms with Crippen LogP contribution in [0.15, 0.2) is 48.5 Å². The number of carbonyl (C=O) groups is 1. The summed E-state index contributed by atoms with van der Waals surface area (Å²) in [4.78, 5) is 11.9. The van der Waals surface area contributed by atoms with Crippen LogP contribution in [0.4, 0.5) is 0 Å².